The number of rotatable bonds is 4. The van der Waals surface area contributed by atoms with E-state index in [2.05, 4.69) is 16.6 Å². The number of carbonyl (C=O) groups is 2. The summed E-state index contributed by atoms with van der Waals surface area (Å²) in [7, 11) is 1.54. The fourth-order valence-corrected chi connectivity index (χ4v) is 1.49. The van der Waals surface area contributed by atoms with Crippen molar-refractivity contribution in [3.63, 3.8) is 0 Å². The van der Waals surface area contributed by atoms with Gasteiger partial charge >= 0.3 is 0 Å². The number of terminal acetylenes is 1. The minimum absolute atomic E-state index is 0.167. The Morgan fingerprint density at radius 2 is 2.16 bits per heavy atom. The molecular weight excluding hydrogens is 242 g/mol. The fraction of sp³-hybridized carbons (Fsp3) is 0.286. The lowest BCUT2D eigenvalue weighted by atomic mass is 10.1. The molecule has 19 heavy (non-hydrogen) atoms. The summed E-state index contributed by atoms with van der Waals surface area (Å²) in [4.78, 5) is 23.3. The molecule has 1 aromatic carbocycles. The van der Waals surface area contributed by atoms with Gasteiger partial charge in [0.15, 0.2) is 0 Å². The quantitative estimate of drug-likeness (QED) is 0.694. The molecule has 0 aliphatic heterocycles. The van der Waals surface area contributed by atoms with E-state index in [1.54, 1.807) is 25.2 Å². The molecule has 0 radical (unpaired) electrons. The molecular formula is C14H17N3O2. The molecule has 0 spiro atoms. The van der Waals surface area contributed by atoms with Gasteiger partial charge < -0.3 is 16.4 Å². The van der Waals surface area contributed by atoms with E-state index in [9.17, 15) is 9.59 Å². The summed E-state index contributed by atoms with van der Waals surface area (Å²) in [6, 6.07) is 4.29. The summed E-state index contributed by atoms with van der Waals surface area (Å²) in [6.45, 7) is 1.83. The van der Waals surface area contributed by atoms with Crippen molar-refractivity contribution in [3.8, 4) is 12.3 Å². The number of hydrogen-bond acceptors (Lipinski definition) is 3. The molecule has 0 bridgehead atoms. The molecule has 5 nitrogen and oxygen atoms in total. The Kier molecular flexibility index (Phi) is 5.10. The first-order chi connectivity index (χ1) is 8.99. The minimum Gasteiger partial charge on any atom is -0.355 e. The Hall–Kier alpha value is -2.32. The van der Waals surface area contributed by atoms with Gasteiger partial charge in [0.25, 0.3) is 5.91 Å². The minimum atomic E-state index is -0.756. The fourth-order valence-electron chi connectivity index (χ4n) is 1.49. The van der Waals surface area contributed by atoms with Crippen LogP contribution in [-0.2, 0) is 4.79 Å². The summed E-state index contributed by atoms with van der Waals surface area (Å²) in [5, 5.41) is 5.20. The number of anilines is 1. The Bertz CT molecular complexity index is 532. The van der Waals surface area contributed by atoms with Crippen LogP contribution in [0.5, 0.6) is 0 Å². The normalized spacial score (nSPS) is 11.3. The average Bonchev–Trinajstić information content (AvgIpc) is 2.40. The first kappa shape index (κ1) is 14.7. The maximum Gasteiger partial charge on any atom is 0.251 e. The Labute approximate surface area is 112 Å². The van der Waals surface area contributed by atoms with E-state index in [0.717, 1.165) is 5.56 Å². The predicted molar refractivity (Wildman–Crippen MR) is 74.6 cm³/mol. The summed E-state index contributed by atoms with van der Waals surface area (Å²) >= 11 is 0. The third-order valence-electron chi connectivity index (χ3n) is 2.66. The van der Waals surface area contributed by atoms with Crippen LogP contribution in [0.1, 0.15) is 22.3 Å². The molecule has 0 saturated carbocycles. The highest BCUT2D eigenvalue weighted by atomic mass is 16.2. The molecule has 1 rings (SSSR count). The van der Waals surface area contributed by atoms with Crippen LogP contribution in [0.3, 0.4) is 0 Å². The predicted octanol–water partition coefficient (Wildman–Crippen LogP) is 0.644. The lowest BCUT2D eigenvalue weighted by Crippen LogP contribution is -2.35. The maximum absolute atomic E-state index is 11.8. The van der Waals surface area contributed by atoms with Crippen LogP contribution in [0.15, 0.2) is 18.2 Å². The van der Waals surface area contributed by atoms with Gasteiger partial charge in [0.1, 0.15) is 0 Å². The van der Waals surface area contributed by atoms with Gasteiger partial charge in [-0.25, -0.2) is 0 Å². The summed E-state index contributed by atoms with van der Waals surface area (Å²) in [6.07, 6.45) is 5.28. The second-order valence-electron chi connectivity index (χ2n) is 4.11. The second kappa shape index (κ2) is 6.57. The van der Waals surface area contributed by atoms with Crippen molar-refractivity contribution < 1.29 is 9.59 Å². The lowest BCUT2D eigenvalue weighted by molar-refractivity contribution is -0.117. The van der Waals surface area contributed by atoms with E-state index in [0.29, 0.717) is 11.3 Å². The highest BCUT2D eigenvalue weighted by Gasteiger charge is 2.14. The van der Waals surface area contributed by atoms with Crippen molar-refractivity contribution in [2.75, 3.05) is 12.4 Å². The van der Waals surface area contributed by atoms with Crippen LogP contribution in [0, 0.1) is 19.3 Å². The van der Waals surface area contributed by atoms with Crippen molar-refractivity contribution in [2.45, 2.75) is 19.4 Å². The number of aryl methyl sites for hydroxylation is 1. The van der Waals surface area contributed by atoms with Gasteiger partial charge in [0.2, 0.25) is 5.91 Å². The standard InChI is InChI=1S/C14H17N3O2/c1-4-5-11(15)14(19)17-12-8-10(13(18)16-3)7-6-9(12)2/h1,6-8,11H,5,15H2,2-3H3,(H,16,18)(H,17,19). The maximum atomic E-state index is 11.8. The zero-order valence-corrected chi connectivity index (χ0v) is 11.0. The average molecular weight is 259 g/mol. The van der Waals surface area contributed by atoms with E-state index >= 15 is 0 Å². The molecule has 0 aliphatic rings. The van der Waals surface area contributed by atoms with Crippen LogP contribution in [0.2, 0.25) is 0 Å². The molecule has 5 heteroatoms. The molecule has 0 aromatic heterocycles. The number of nitrogens with one attached hydrogen (secondary N) is 2. The molecule has 0 heterocycles. The largest absolute Gasteiger partial charge is 0.355 e. The summed E-state index contributed by atoms with van der Waals surface area (Å²) < 4.78 is 0. The van der Waals surface area contributed by atoms with E-state index in [4.69, 9.17) is 12.2 Å². The van der Waals surface area contributed by atoms with Crippen LogP contribution < -0.4 is 16.4 Å². The first-order valence-corrected chi connectivity index (χ1v) is 5.82. The van der Waals surface area contributed by atoms with E-state index in [1.807, 2.05) is 6.92 Å². The molecule has 1 unspecified atom stereocenters. The number of nitrogens with two attached hydrogens (primary N) is 1. The van der Waals surface area contributed by atoms with E-state index < -0.39 is 6.04 Å². The number of hydrogen-bond donors (Lipinski definition) is 3. The van der Waals surface area contributed by atoms with Crippen molar-refractivity contribution in [1.82, 2.24) is 5.32 Å². The van der Waals surface area contributed by atoms with Crippen molar-refractivity contribution in [2.24, 2.45) is 5.73 Å². The molecule has 2 amide bonds. The Balaban J connectivity index is 2.92. The lowest BCUT2D eigenvalue weighted by Gasteiger charge is -2.13. The Morgan fingerprint density at radius 1 is 1.47 bits per heavy atom. The topological polar surface area (TPSA) is 84.2 Å². The molecule has 0 fully saturated rings. The van der Waals surface area contributed by atoms with Gasteiger partial charge in [-0.15, -0.1) is 12.3 Å². The smallest absolute Gasteiger partial charge is 0.251 e. The number of amides is 2. The van der Waals surface area contributed by atoms with Crippen molar-refractivity contribution in [1.29, 1.82) is 0 Å². The highest BCUT2D eigenvalue weighted by Crippen LogP contribution is 2.17. The zero-order chi connectivity index (χ0) is 14.4. The van der Waals surface area contributed by atoms with E-state index in [-0.39, 0.29) is 18.2 Å². The van der Waals surface area contributed by atoms with Crippen LogP contribution in [0.25, 0.3) is 0 Å². The number of carbonyl (C=O) groups excluding carboxylic acids is 2. The second-order valence-corrected chi connectivity index (χ2v) is 4.11. The van der Waals surface area contributed by atoms with Crippen LogP contribution >= 0.6 is 0 Å². The molecule has 1 atom stereocenters. The first-order valence-electron chi connectivity index (χ1n) is 5.82. The molecule has 100 valence electrons. The molecule has 0 aliphatic carbocycles. The molecule has 1 aromatic rings. The Morgan fingerprint density at radius 3 is 2.74 bits per heavy atom. The third-order valence-corrected chi connectivity index (χ3v) is 2.66. The number of benzene rings is 1. The zero-order valence-electron chi connectivity index (χ0n) is 11.0. The van der Waals surface area contributed by atoms with Gasteiger partial charge in [-0.05, 0) is 24.6 Å². The van der Waals surface area contributed by atoms with E-state index in [1.165, 1.54) is 0 Å². The van der Waals surface area contributed by atoms with Gasteiger partial charge in [0, 0.05) is 24.7 Å². The molecule has 4 N–H and O–H groups in total. The third kappa shape index (κ3) is 3.83. The van der Waals surface area contributed by atoms with Gasteiger partial charge in [-0.3, -0.25) is 9.59 Å². The summed E-state index contributed by atoms with van der Waals surface area (Å²) in [5.74, 6) is 1.75. The van der Waals surface area contributed by atoms with Gasteiger partial charge in [-0.1, -0.05) is 6.07 Å². The van der Waals surface area contributed by atoms with Crippen molar-refractivity contribution >= 4 is 17.5 Å². The van der Waals surface area contributed by atoms with Crippen LogP contribution in [0.4, 0.5) is 5.69 Å². The highest BCUT2D eigenvalue weighted by molar-refractivity contribution is 5.99. The summed E-state index contributed by atoms with van der Waals surface area (Å²) in [5.41, 5.74) is 7.48. The van der Waals surface area contributed by atoms with Gasteiger partial charge in [0.05, 0.1) is 6.04 Å². The van der Waals surface area contributed by atoms with Crippen molar-refractivity contribution in [3.05, 3.63) is 29.3 Å². The van der Waals surface area contributed by atoms with Crippen LogP contribution in [-0.4, -0.2) is 24.9 Å². The van der Waals surface area contributed by atoms with Gasteiger partial charge in [-0.2, -0.15) is 0 Å². The monoisotopic (exact) mass is 259 g/mol. The SMILES string of the molecule is C#CCC(N)C(=O)Nc1cc(C(=O)NC)ccc1C. The molecule has 0 saturated heterocycles.